The number of benzene rings is 1. The monoisotopic (exact) mass is 255 g/mol. The van der Waals surface area contributed by atoms with Gasteiger partial charge in [0.1, 0.15) is 0 Å². The van der Waals surface area contributed by atoms with Gasteiger partial charge in [0.2, 0.25) is 0 Å². The van der Waals surface area contributed by atoms with Crippen LogP contribution in [0.15, 0.2) is 42.7 Å². The molecule has 2 aromatic rings. The van der Waals surface area contributed by atoms with Gasteiger partial charge >= 0.3 is 0 Å². The van der Waals surface area contributed by atoms with Crippen LogP contribution < -0.4 is 5.32 Å². The topological polar surface area (TPSA) is 37.8 Å². The van der Waals surface area contributed by atoms with Gasteiger partial charge in [-0.1, -0.05) is 56.5 Å². The van der Waals surface area contributed by atoms with Crippen molar-refractivity contribution >= 4 is 5.69 Å². The molecule has 1 aromatic carbocycles. The highest BCUT2D eigenvalue weighted by molar-refractivity contribution is 5.55. The zero-order valence-electron chi connectivity index (χ0n) is 11.5. The van der Waals surface area contributed by atoms with Crippen molar-refractivity contribution in [2.75, 3.05) is 11.9 Å². The molecule has 0 aliphatic rings. The van der Waals surface area contributed by atoms with Crippen molar-refractivity contribution in [3.05, 3.63) is 42.7 Å². The summed E-state index contributed by atoms with van der Waals surface area (Å²) in [5.74, 6) is 0.775. The molecular weight excluding hydrogens is 234 g/mol. The summed E-state index contributed by atoms with van der Waals surface area (Å²) >= 11 is 0. The second-order valence-electron chi connectivity index (χ2n) is 4.65. The Morgan fingerprint density at radius 3 is 2.37 bits per heavy atom. The summed E-state index contributed by atoms with van der Waals surface area (Å²) < 4.78 is 0. The molecule has 1 aromatic heterocycles. The van der Waals surface area contributed by atoms with Gasteiger partial charge in [0.05, 0.1) is 18.1 Å². The van der Waals surface area contributed by atoms with Crippen LogP contribution in [0.4, 0.5) is 5.69 Å². The van der Waals surface area contributed by atoms with E-state index < -0.39 is 0 Å². The molecule has 0 fully saturated rings. The summed E-state index contributed by atoms with van der Waals surface area (Å²) in [5.41, 5.74) is 2.05. The molecule has 2 rings (SSSR count). The Labute approximate surface area is 115 Å². The van der Waals surface area contributed by atoms with E-state index in [4.69, 9.17) is 0 Å². The Morgan fingerprint density at radius 2 is 1.68 bits per heavy atom. The summed E-state index contributed by atoms with van der Waals surface area (Å²) in [7, 11) is 0. The van der Waals surface area contributed by atoms with Gasteiger partial charge in [-0.2, -0.15) is 0 Å². The number of nitrogens with one attached hydrogen (secondary N) is 1. The standard InChI is InChI=1S/C16H21N3/c1-2-3-4-8-11-17-15-12-18-16(19-13-15)14-9-6-5-7-10-14/h5-7,9-10,12-13,17H,2-4,8,11H2,1H3. The highest BCUT2D eigenvalue weighted by Crippen LogP contribution is 2.14. The number of unbranched alkanes of at least 4 members (excludes halogenated alkanes) is 3. The van der Waals surface area contributed by atoms with Crippen molar-refractivity contribution in [3.63, 3.8) is 0 Å². The molecule has 0 bridgehead atoms. The van der Waals surface area contributed by atoms with Crippen LogP contribution in [-0.2, 0) is 0 Å². The minimum Gasteiger partial charge on any atom is -0.383 e. The molecule has 1 N–H and O–H groups in total. The summed E-state index contributed by atoms with van der Waals surface area (Å²) in [4.78, 5) is 8.78. The first-order chi connectivity index (χ1) is 9.40. The zero-order chi connectivity index (χ0) is 13.3. The molecule has 0 aliphatic carbocycles. The van der Waals surface area contributed by atoms with E-state index in [0.29, 0.717) is 0 Å². The van der Waals surface area contributed by atoms with Crippen LogP contribution in [0.25, 0.3) is 11.4 Å². The molecule has 0 atom stereocenters. The summed E-state index contributed by atoms with van der Waals surface area (Å²) in [6, 6.07) is 10.0. The molecule has 0 radical (unpaired) electrons. The van der Waals surface area contributed by atoms with Gasteiger partial charge in [-0.05, 0) is 6.42 Å². The van der Waals surface area contributed by atoms with Gasteiger partial charge in [0.25, 0.3) is 0 Å². The Kier molecular flexibility index (Phi) is 5.35. The van der Waals surface area contributed by atoms with E-state index in [1.165, 1.54) is 25.7 Å². The van der Waals surface area contributed by atoms with Crippen molar-refractivity contribution in [1.29, 1.82) is 0 Å². The molecule has 100 valence electrons. The largest absolute Gasteiger partial charge is 0.383 e. The molecule has 0 unspecified atom stereocenters. The first-order valence-corrected chi connectivity index (χ1v) is 7.01. The molecule has 0 aliphatic heterocycles. The van der Waals surface area contributed by atoms with E-state index in [-0.39, 0.29) is 0 Å². The zero-order valence-corrected chi connectivity index (χ0v) is 11.5. The van der Waals surface area contributed by atoms with Crippen LogP contribution in [0.3, 0.4) is 0 Å². The minimum absolute atomic E-state index is 0.775. The predicted molar refractivity (Wildman–Crippen MR) is 80.1 cm³/mol. The van der Waals surface area contributed by atoms with E-state index in [9.17, 15) is 0 Å². The number of aromatic nitrogens is 2. The summed E-state index contributed by atoms with van der Waals surface area (Å²) in [6.07, 6.45) is 8.78. The van der Waals surface area contributed by atoms with E-state index in [2.05, 4.69) is 22.2 Å². The summed E-state index contributed by atoms with van der Waals surface area (Å²) in [6.45, 7) is 3.22. The maximum absolute atomic E-state index is 4.39. The molecule has 0 saturated heterocycles. The van der Waals surface area contributed by atoms with Gasteiger partial charge in [-0.15, -0.1) is 0 Å². The first kappa shape index (κ1) is 13.5. The van der Waals surface area contributed by atoms with E-state index >= 15 is 0 Å². The van der Waals surface area contributed by atoms with Crippen LogP contribution in [0.1, 0.15) is 32.6 Å². The number of rotatable bonds is 7. The normalized spacial score (nSPS) is 10.4. The lowest BCUT2D eigenvalue weighted by molar-refractivity contribution is 0.685. The van der Waals surface area contributed by atoms with Crippen LogP contribution in [0.2, 0.25) is 0 Å². The third-order valence-electron chi connectivity index (χ3n) is 3.04. The smallest absolute Gasteiger partial charge is 0.159 e. The average molecular weight is 255 g/mol. The number of nitrogens with zero attached hydrogens (tertiary/aromatic N) is 2. The number of hydrogen-bond donors (Lipinski definition) is 1. The Hall–Kier alpha value is -1.90. The average Bonchev–Trinajstić information content (AvgIpc) is 2.49. The molecular formula is C16H21N3. The molecule has 3 nitrogen and oxygen atoms in total. The second-order valence-corrected chi connectivity index (χ2v) is 4.65. The third-order valence-corrected chi connectivity index (χ3v) is 3.04. The number of anilines is 1. The fraction of sp³-hybridized carbons (Fsp3) is 0.375. The van der Waals surface area contributed by atoms with Crippen molar-refractivity contribution < 1.29 is 0 Å². The van der Waals surface area contributed by atoms with Crippen molar-refractivity contribution in [1.82, 2.24) is 9.97 Å². The van der Waals surface area contributed by atoms with Crippen molar-refractivity contribution in [3.8, 4) is 11.4 Å². The fourth-order valence-electron chi connectivity index (χ4n) is 1.94. The van der Waals surface area contributed by atoms with E-state index in [1.807, 2.05) is 42.7 Å². The predicted octanol–water partition coefficient (Wildman–Crippen LogP) is 4.14. The third kappa shape index (κ3) is 4.36. The van der Waals surface area contributed by atoms with E-state index in [1.54, 1.807) is 0 Å². The Morgan fingerprint density at radius 1 is 0.947 bits per heavy atom. The maximum atomic E-state index is 4.39. The van der Waals surface area contributed by atoms with Crippen LogP contribution in [0.5, 0.6) is 0 Å². The fourth-order valence-corrected chi connectivity index (χ4v) is 1.94. The molecule has 1 heterocycles. The first-order valence-electron chi connectivity index (χ1n) is 7.01. The molecule has 0 amide bonds. The molecule has 3 heteroatoms. The lowest BCUT2D eigenvalue weighted by Gasteiger charge is -2.06. The van der Waals surface area contributed by atoms with Gasteiger partial charge in [-0.3, -0.25) is 0 Å². The van der Waals surface area contributed by atoms with Gasteiger partial charge in [-0.25, -0.2) is 9.97 Å². The van der Waals surface area contributed by atoms with Gasteiger partial charge in [0.15, 0.2) is 5.82 Å². The van der Waals surface area contributed by atoms with Crippen molar-refractivity contribution in [2.24, 2.45) is 0 Å². The second kappa shape index (κ2) is 7.52. The number of hydrogen-bond acceptors (Lipinski definition) is 3. The van der Waals surface area contributed by atoms with E-state index in [0.717, 1.165) is 23.6 Å². The minimum atomic E-state index is 0.775. The summed E-state index contributed by atoms with van der Waals surface area (Å²) in [5, 5.41) is 3.36. The lowest BCUT2D eigenvalue weighted by atomic mass is 10.2. The lowest BCUT2D eigenvalue weighted by Crippen LogP contribution is -2.02. The molecule has 19 heavy (non-hydrogen) atoms. The Balaban J connectivity index is 1.85. The van der Waals surface area contributed by atoms with Crippen LogP contribution in [0, 0.1) is 0 Å². The van der Waals surface area contributed by atoms with Crippen LogP contribution in [-0.4, -0.2) is 16.5 Å². The van der Waals surface area contributed by atoms with Gasteiger partial charge < -0.3 is 5.32 Å². The Bertz CT molecular complexity index is 465. The van der Waals surface area contributed by atoms with Crippen LogP contribution >= 0.6 is 0 Å². The molecule has 0 saturated carbocycles. The quantitative estimate of drug-likeness (QED) is 0.756. The SMILES string of the molecule is CCCCCCNc1cnc(-c2ccccc2)nc1. The molecule has 0 spiro atoms. The van der Waals surface area contributed by atoms with Crippen molar-refractivity contribution in [2.45, 2.75) is 32.6 Å². The highest BCUT2D eigenvalue weighted by atomic mass is 14.9. The maximum Gasteiger partial charge on any atom is 0.159 e. The van der Waals surface area contributed by atoms with Gasteiger partial charge in [0, 0.05) is 12.1 Å². The highest BCUT2D eigenvalue weighted by Gasteiger charge is 1.99.